The predicted molar refractivity (Wildman–Crippen MR) is 75.7 cm³/mol. The number of unbranched alkanes of at least 4 members (excludes halogenated alkanes) is 1. The summed E-state index contributed by atoms with van der Waals surface area (Å²) in [7, 11) is 3.00. The van der Waals surface area contributed by atoms with Crippen molar-refractivity contribution in [1.82, 2.24) is 5.06 Å². The molecule has 0 atom stereocenters. The molecule has 0 unspecified atom stereocenters. The maximum Gasteiger partial charge on any atom is 0.283 e. The fourth-order valence-corrected chi connectivity index (χ4v) is 1.46. The van der Waals surface area contributed by atoms with Gasteiger partial charge in [0.2, 0.25) is 0 Å². The minimum atomic E-state index is -0.227. The molecule has 0 saturated carbocycles. The number of para-hydroxylation sites is 1. The zero-order valence-corrected chi connectivity index (χ0v) is 11.8. The maximum atomic E-state index is 11.6. The Kier molecular flexibility index (Phi) is 6.68. The van der Waals surface area contributed by atoms with Gasteiger partial charge < -0.3 is 4.74 Å². The van der Waals surface area contributed by atoms with E-state index in [4.69, 9.17) is 9.57 Å². The van der Waals surface area contributed by atoms with Gasteiger partial charge in [0, 0.05) is 12.6 Å². The summed E-state index contributed by atoms with van der Waals surface area (Å²) in [6.07, 6.45) is 6.25. The number of amides is 1. The summed E-state index contributed by atoms with van der Waals surface area (Å²) in [6, 6.07) is 7.65. The van der Waals surface area contributed by atoms with Gasteiger partial charge in [-0.15, -0.1) is 0 Å². The Morgan fingerprint density at radius 2 is 2.11 bits per heavy atom. The molecule has 0 aliphatic rings. The molecule has 1 aromatic carbocycles. The number of ether oxygens (including phenoxy) is 1. The molecule has 19 heavy (non-hydrogen) atoms. The van der Waals surface area contributed by atoms with Gasteiger partial charge in [-0.25, -0.2) is 5.06 Å². The smallest absolute Gasteiger partial charge is 0.283 e. The fourth-order valence-electron chi connectivity index (χ4n) is 1.46. The van der Waals surface area contributed by atoms with E-state index in [1.807, 2.05) is 30.3 Å². The monoisotopic (exact) mass is 263 g/mol. The first-order chi connectivity index (χ1) is 9.19. The lowest BCUT2D eigenvalue weighted by molar-refractivity contribution is -0.170. The summed E-state index contributed by atoms with van der Waals surface area (Å²) < 4.78 is 5.53. The number of nitrogens with zero attached hydrogens (tertiary/aromatic N) is 1. The van der Waals surface area contributed by atoms with Gasteiger partial charge in [-0.05, 0) is 12.5 Å². The summed E-state index contributed by atoms with van der Waals surface area (Å²) in [6.45, 7) is 2.09. The van der Waals surface area contributed by atoms with Crippen LogP contribution < -0.4 is 4.74 Å². The second kappa shape index (κ2) is 8.32. The average Bonchev–Trinajstić information content (AvgIpc) is 2.45. The molecule has 1 aromatic rings. The molecule has 0 aliphatic carbocycles. The lowest BCUT2D eigenvalue weighted by Crippen LogP contribution is -2.30. The van der Waals surface area contributed by atoms with Crippen LogP contribution in [0.5, 0.6) is 5.75 Å². The highest BCUT2D eigenvalue weighted by atomic mass is 16.7. The molecule has 1 amide bonds. The van der Waals surface area contributed by atoms with E-state index in [-0.39, 0.29) is 12.5 Å². The van der Waals surface area contributed by atoms with Crippen LogP contribution in [-0.4, -0.2) is 31.7 Å². The average molecular weight is 263 g/mol. The van der Waals surface area contributed by atoms with E-state index in [0.29, 0.717) is 5.75 Å². The highest BCUT2D eigenvalue weighted by Gasteiger charge is 2.09. The van der Waals surface area contributed by atoms with Crippen molar-refractivity contribution in [3.05, 3.63) is 35.9 Å². The number of benzene rings is 1. The van der Waals surface area contributed by atoms with Crippen LogP contribution in [-0.2, 0) is 9.63 Å². The van der Waals surface area contributed by atoms with E-state index < -0.39 is 0 Å². The zero-order chi connectivity index (χ0) is 14.1. The van der Waals surface area contributed by atoms with Gasteiger partial charge in [-0.3, -0.25) is 9.63 Å². The van der Waals surface area contributed by atoms with Crippen LogP contribution in [0.3, 0.4) is 0 Å². The van der Waals surface area contributed by atoms with Crippen molar-refractivity contribution in [1.29, 1.82) is 0 Å². The molecular weight excluding hydrogens is 242 g/mol. The Bertz CT molecular complexity index is 429. The lowest BCUT2D eigenvalue weighted by atomic mass is 10.1. The number of carbonyl (C=O) groups is 1. The Morgan fingerprint density at radius 3 is 2.79 bits per heavy atom. The number of hydrogen-bond acceptors (Lipinski definition) is 3. The van der Waals surface area contributed by atoms with Crippen LogP contribution in [0, 0.1) is 0 Å². The number of hydrogen-bond donors (Lipinski definition) is 0. The van der Waals surface area contributed by atoms with Crippen molar-refractivity contribution >= 4 is 12.0 Å². The molecule has 0 aliphatic heterocycles. The summed E-state index contributed by atoms with van der Waals surface area (Å²) in [5, 5.41) is 1.15. The van der Waals surface area contributed by atoms with Gasteiger partial charge >= 0.3 is 0 Å². The summed E-state index contributed by atoms with van der Waals surface area (Å²) >= 11 is 0. The van der Waals surface area contributed by atoms with Crippen molar-refractivity contribution < 1.29 is 14.4 Å². The number of hydroxylamine groups is 2. The molecule has 4 nitrogen and oxygen atoms in total. The molecule has 104 valence electrons. The quantitative estimate of drug-likeness (QED) is 0.710. The van der Waals surface area contributed by atoms with Crippen LogP contribution in [0.25, 0.3) is 6.08 Å². The predicted octanol–water partition coefficient (Wildman–Crippen LogP) is 2.90. The Morgan fingerprint density at radius 1 is 1.37 bits per heavy atom. The zero-order valence-electron chi connectivity index (χ0n) is 11.8. The third-order valence-electron chi connectivity index (χ3n) is 2.65. The second-order valence-electron chi connectivity index (χ2n) is 4.09. The first-order valence-electron chi connectivity index (χ1n) is 6.38. The minimum Gasteiger partial charge on any atom is -0.483 e. The normalized spacial score (nSPS) is 10.7. The van der Waals surface area contributed by atoms with E-state index in [1.165, 1.54) is 7.11 Å². The second-order valence-corrected chi connectivity index (χ2v) is 4.09. The molecule has 0 fully saturated rings. The van der Waals surface area contributed by atoms with E-state index in [2.05, 4.69) is 13.0 Å². The van der Waals surface area contributed by atoms with Crippen LogP contribution >= 0.6 is 0 Å². The molecule has 0 bridgehead atoms. The third-order valence-corrected chi connectivity index (χ3v) is 2.65. The number of likely N-dealkylation sites (N-methyl/N-ethyl adjacent to an activating group) is 1. The molecule has 1 rings (SSSR count). The van der Waals surface area contributed by atoms with Crippen molar-refractivity contribution in [2.45, 2.75) is 19.8 Å². The van der Waals surface area contributed by atoms with Gasteiger partial charge in [0.25, 0.3) is 5.91 Å². The lowest BCUT2D eigenvalue weighted by Gasteiger charge is -2.14. The molecule has 4 heteroatoms. The van der Waals surface area contributed by atoms with Crippen molar-refractivity contribution in [3.63, 3.8) is 0 Å². The Labute approximate surface area is 114 Å². The summed E-state index contributed by atoms with van der Waals surface area (Å²) in [5.74, 6) is 0.475. The van der Waals surface area contributed by atoms with E-state index in [9.17, 15) is 4.79 Å². The molecule has 0 aromatic heterocycles. The first-order valence-corrected chi connectivity index (χ1v) is 6.38. The van der Waals surface area contributed by atoms with Crippen molar-refractivity contribution in [3.8, 4) is 5.75 Å². The van der Waals surface area contributed by atoms with Crippen molar-refractivity contribution in [2.75, 3.05) is 20.8 Å². The number of carbonyl (C=O) groups excluding carboxylic acids is 1. The summed E-state index contributed by atoms with van der Waals surface area (Å²) in [4.78, 5) is 16.4. The van der Waals surface area contributed by atoms with E-state index in [1.54, 1.807) is 7.05 Å². The van der Waals surface area contributed by atoms with Crippen LogP contribution in [0.1, 0.15) is 25.3 Å². The Balaban J connectivity index is 2.65. The molecule has 0 radical (unpaired) electrons. The summed E-state index contributed by atoms with van der Waals surface area (Å²) in [5.41, 5.74) is 0.976. The highest BCUT2D eigenvalue weighted by Crippen LogP contribution is 2.19. The topological polar surface area (TPSA) is 38.8 Å². The van der Waals surface area contributed by atoms with E-state index >= 15 is 0 Å². The molecule has 0 saturated heterocycles. The minimum absolute atomic E-state index is 0.0387. The first kappa shape index (κ1) is 15.2. The van der Waals surface area contributed by atoms with Gasteiger partial charge in [0.15, 0.2) is 6.61 Å². The SMILES string of the molecule is CCCC=Cc1ccccc1OCC(=O)N(C)OC. The highest BCUT2D eigenvalue weighted by molar-refractivity contribution is 5.76. The largest absolute Gasteiger partial charge is 0.483 e. The van der Waals surface area contributed by atoms with Crippen LogP contribution in [0.4, 0.5) is 0 Å². The number of rotatable bonds is 7. The maximum absolute atomic E-state index is 11.6. The molecular formula is C15H21NO3. The third kappa shape index (κ3) is 5.14. The van der Waals surface area contributed by atoms with Gasteiger partial charge in [-0.1, -0.05) is 43.7 Å². The van der Waals surface area contributed by atoms with Crippen molar-refractivity contribution in [2.24, 2.45) is 0 Å². The van der Waals surface area contributed by atoms with Crippen LogP contribution in [0.2, 0.25) is 0 Å². The molecule has 0 heterocycles. The molecule has 0 spiro atoms. The van der Waals surface area contributed by atoms with E-state index in [0.717, 1.165) is 23.5 Å². The van der Waals surface area contributed by atoms with Gasteiger partial charge in [-0.2, -0.15) is 0 Å². The molecule has 0 N–H and O–H groups in total. The standard InChI is InChI=1S/C15H21NO3/c1-4-5-6-9-13-10-7-8-11-14(13)19-12-15(17)16(2)18-3/h6-11H,4-5,12H2,1-3H3. The fraction of sp³-hybridized carbons (Fsp3) is 0.400. The van der Waals surface area contributed by atoms with Crippen LogP contribution in [0.15, 0.2) is 30.3 Å². The van der Waals surface area contributed by atoms with Gasteiger partial charge in [0.1, 0.15) is 5.75 Å². The van der Waals surface area contributed by atoms with Gasteiger partial charge in [0.05, 0.1) is 7.11 Å². The number of allylic oxidation sites excluding steroid dienone is 1. The Hall–Kier alpha value is -1.81.